The fraction of sp³-hybridized carbons (Fsp3) is 0.286. The van der Waals surface area contributed by atoms with Crippen LogP contribution in [0.1, 0.15) is 12.8 Å². The number of nitrogens with zero attached hydrogens (tertiary/aromatic N) is 1. The molecule has 2 amide bonds. The van der Waals surface area contributed by atoms with E-state index < -0.39 is 0 Å². The number of benzene rings is 1. The molecule has 0 aromatic heterocycles. The number of amides is 2. The Morgan fingerprint density at radius 2 is 1.43 bits per heavy atom. The summed E-state index contributed by atoms with van der Waals surface area (Å²) in [5, 5.41) is 1.90. The van der Waals surface area contributed by atoms with Crippen molar-refractivity contribution in [1.29, 1.82) is 0 Å². The summed E-state index contributed by atoms with van der Waals surface area (Å²) in [6.45, 7) is 0. The Morgan fingerprint density at radius 1 is 0.952 bits per heavy atom. The fourth-order valence-corrected chi connectivity index (χ4v) is 3.57. The van der Waals surface area contributed by atoms with Crippen LogP contribution in [0.2, 0.25) is 15.1 Å². The molecule has 0 saturated carbocycles. The van der Waals surface area contributed by atoms with Crippen molar-refractivity contribution in [3.63, 3.8) is 0 Å². The Kier molecular flexibility index (Phi) is 3.86. The predicted octanol–water partition coefficient (Wildman–Crippen LogP) is 3.92. The minimum Gasteiger partial charge on any atom is -0.286 e. The molecule has 0 unspecified atom stereocenters. The minimum absolute atomic E-state index is 0.251. The van der Waals surface area contributed by atoms with Crippen LogP contribution in [0.15, 0.2) is 24.3 Å². The van der Waals surface area contributed by atoms with E-state index in [-0.39, 0.29) is 33.7 Å². The van der Waals surface area contributed by atoms with Crippen LogP contribution >= 0.6 is 34.8 Å². The van der Waals surface area contributed by atoms with Gasteiger partial charge in [-0.1, -0.05) is 47.0 Å². The molecule has 3 rings (SSSR count). The van der Waals surface area contributed by atoms with Gasteiger partial charge >= 0.3 is 0 Å². The second kappa shape index (κ2) is 5.52. The molecular weight excluding hydrogens is 335 g/mol. The molecule has 7 heteroatoms. The van der Waals surface area contributed by atoms with Gasteiger partial charge < -0.3 is 0 Å². The van der Waals surface area contributed by atoms with E-state index in [4.69, 9.17) is 34.8 Å². The second-order valence-corrected chi connectivity index (χ2v) is 6.27. The predicted molar refractivity (Wildman–Crippen MR) is 82.3 cm³/mol. The Hall–Kier alpha value is -1.23. The number of imide groups is 1. The van der Waals surface area contributed by atoms with Crippen LogP contribution in [-0.4, -0.2) is 16.8 Å². The Morgan fingerprint density at radius 3 is 1.90 bits per heavy atom. The van der Waals surface area contributed by atoms with Crippen molar-refractivity contribution in [2.24, 2.45) is 11.8 Å². The molecule has 2 atom stereocenters. The summed E-state index contributed by atoms with van der Waals surface area (Å²) in [6.07, 6.45) is 5.02. The number of allylic oxidation sites excluding steroid dienone is 2. The van der Waals surface area contributed by atoms with Gasteiger partial charge in [-0.25, -0.2) is 0 Å². The molecule has 21 heavy (non-hydrogen) atoms. The van der Waals surface area contributed by atoms with Crippen molar-refractivity contribution < 1.29 is 9.59 Å². The van der Waals surface area contributed by atoms with Crippen LogP contribution in [-0.2, 0) is 9.59 Å². The zero-order chi connectivity index (χ0) is 15.1. The lowest BCUT2D eigenvalue weighted by molar-refractivity contribution is -0.138. The van der Waals surface area contributed by atoms with E-state index in [1.807, 2.05) is 12.2 Å². The lowest BCUT2D eigenvalue weighted by Crippen LogP contribution is -2.36. The highest BCUT2D eigenvalue weighted by atomic mass is 35.5. The molecule has 1 N–H and O–H groups in total. The van der Waals surface area contributed by atoms with Gasteiger partial charge in [0.25, 0.3) is 11.8 Å². The zero-order valence-electron chi connectivity index (χ0n) is 10.8. The first-order chi connectivity index (χ1) is 9.99. The van der Waals surface area contributed by atoms with E-state index in [9.17, 15) is 9.59 Å². The molecule has 1 aromatic carbocycles. The Bertz CT molecular complexity index is 611. The third-order valence-electron chi connectivity index (χ3n) is 3.74. The smallest absolute Gasteiger partial charge is 0.252 e. The first-order valence-corrected chi connectivity index (χ1v) is 7.56. The van der Waals surface area contributed by atoms with Crippen LogP contribution < -0.4 is 5.43 Å². The van der Waals surface area contributed by atoms with E-state index in [2.05, 4.69) is 5.43 Å². The van der Waals surface area contributed by atoms with Crippen molar-refractivity contribution in [1.82, 2.24) is 5.01 Å². The van der Waals surface area contributed by atoms with E-state index >= 15 is 0 Å². The second-order valence-electron chi connectivity index (χ2n) is 5.02. The SMILES string of the molecule is O=C1[C@H]2CC=CC[C@H]2C(=O)N1Nc1c(Cl)cc(Cl)cc1Cl. The van der Waals surface area contributed by atoms with E-state index in [0.29, 0.717) is 23.6 Å². The molecule has 1 heterocycles. The van der Waals surface area contributed by atoms with Crippen molar-refractivity contribution in [2.75, 3.05) is 5.43 Å². The zero-order valence-corrected chi connectivity index (χ0v) is 13.0. The Labute approximate surface area is 136 Å². The highest BCUT2D eigenvalue weighted by Gasteiger charge is 2.47. The third kappa shape index (κ3) is 2.52. The first-order valence-electron chi connectivity index (χ1n) is 6.43. The number of hydrogen-bond acceptors (Lipinski definition) is 3. The number of fused-ring (bicyclic) bond motifs is 1. The van der Waals surface area contributed by atoms with Crippen molar-refractivity contribution >= 4 is 52.3 Å². The lowest BCUT2D eigenvalue weighted by atomic mass is 9.85. The lowest BCUT2D eigenvalue weighted by Gasteiger charge is -2.19. The van der Waals surface area contributed by atoms with Gasteiger partial charge in [0.1, 0.15) is 0 Å². The summed E-state index contributed by atoms with van der Waals surface area (Å²) in [5.74, 6) is -1.12. The van der Waals surface area contributed by atoms with Crippen molar-refractivity contribution in [2.45, 2.75) is 12.8 Å². The average molecular weight is 346 g/mol. The summed E-state index contributed by atoms with van der Waals surface area (Å²) in [5.41, 5.74) is 3.05. The normalized spacial score (nSPS) is 24.4. The molecule has 1 saturated heterocycles. The van der Waals surface area contributed by atoms with E-state index in [1.54, 1.807) is 0 Å². The summed E-state index contributed by atoms with van der Waals surface area (Å²) < 4.78 is 0. The molecule has 1 aromatic rings. The molecule has 110 valence electrons. The number of hydrogen-bond donors (Lipinski definition) is 1. The highest BCUT2D eigenvalue weighted by Crippen LogP contribution is 2.38. The molecule has 1 aliphatic carbocycles. The third-order valence-corrected chi connectivity index (χ3v) is 4.55. The number of carbonyl (C=O) groups is 2. The van der Waals surface area contributed by atoms with Crippen LogP contribution in [0.25, 0.3) is 0 Å². The monoisotopic (exact) mass is 344 g/mol. The van der Waals surface area contributed by atoms with Gasteiger partial charge in [-0.2, -0.15) is 5.01 Å². The average Bonchev–Trinajstić information content (AvgIpc) is 2.67. The molecule has 0 spiro atoms. The summed E-state index contributed by atoms with van der Waals surface area (Å²) in [4.78, 5) is 24.7. The summed E-state index contributed by atoms with van der Waals surface area (Å²) >= 11 is 18.0. The number of hydrazine groups is 1. The molecular formula is C14H11Cl3N2O2. The van der Waals surface area contributed by atoms with Gasteiger partial charge in [-0.15, -0.1) is 0 Å². The van der Waals surface area contributed by atoms with Gasteiger partial charge in [-0.3, -0.25) is 15.0 Å². The molecule has 0 bridgehead atoms. The highest BCUT2D eigenvalue weighted by molar-refractivity contribution is 6.41. The number of halogens is 3. The molecule has 4 nitrogen and oxygen atoms in total. The van der Waals surface area contributed by atoms with Crippen LogP contribution in [0.5, 0.6) is 0 Å². The summed E-state index contributed by atoms with van der Waals surface area (Å²) in [7, 11) is 0. The molecule has 1 aliphatic heterocycles. The van der Waals surface area contributed by atoms with Gasteiger partial charge in [0.15, 0.2) is 0 Å². The topological polar surface area (TPSA) is 49.4 Å². The molecule has 2 aliphatic rings. The van der Waals surface area contributed by atoms with Gasteiger partial charge in [-0.05, 0) is 25.0 Å². The fourth-order valence-electron chi connectivity index (χ4n) is 2.67. The van der Waals surface area contributed by atoms with Gasteiger partial charge in [0.2, 0.25) is 0 Å². The van der Waals surface area contributed by atoms with Crippen LogP contribution in [0.4, 0.5) is 5.69 Å². The van der Waals surface area contributed by atoms with Crippen molar-refractivity contribution in [3.05, 3.63) is 39.4 Å². The van der Waals surface area contributed by atoms with Crippen LogP contribution in [0.3, 0.4) is 0 Å². The molecule has 1 fully saturated rings. The maximum absolute atomic E-state index is 12.3. The van der Waals surface area contributed by atoms with E-state index in [1.165, 1.54) is 12.1 Å². The molecule has 0 radical (unpaired) electrons. The largest absolute Gasteiger partial charge is 0.286 e. The standard InChI is InChI=1S/C14H11Cl3N2O2/c15-7-5-10(16)12(11(17)6-7)18-19-13(20)8-3-1-2-4-9(8)14(19)21/h1-2,5-6,8-9,18H,3-4H2/t8-,9+. The number of rotatable bonds is 2. The number of anilines is 1. The number of carbonyl (C=O) groups excluding carboxylic acids is 2. The van der Waals surface area contributed by atoms with Gasteiger partial charge in [0, 0.05) is 5.02 Å². The Balaban J connectivity index is 1.89. The maximum Gasteiger partial charge on any atom is 0.252 e. The van der Waals surface area contributed by atoms with E-state index in [0.717, 1.165) is 5.01 Å². The maximum atomic E-state index is 12.3. The van der Waals surface area contributed by atoms with Crippen molar-refractivity contribution in [3.8, 4) is 0 Å². The minimum atomic E-state index is -0.306. The summed E-state index contributed by atoms with van der Waals surface area (Å²) in [6, 6.07) is 2.99. The quantitative estimate of drug-likeness (QED) is 0.653. The first kappa shape index (κ1) is 14.7. The van der Waals surface area contributed by atoms with Crippen LogP contribution in [0, 0.1) is 11.8 Å². The number of nitrogens with one attached hydrogen (secondary N) is 1. The van der Waals surface area contributed by atoms with Gasteiger partial charge in [0.05, 0.1) is 27.6 Å².